The highest BCUT2D eigenvalue weighted by Gasteiger charge is 2.27. The zero-order valence-electron chi connectivity index (χ0n) is 18.6. The molecule has 1 amide bonds. The molecule has 1 aromatic rings. The highest BCUT2D eigenvalue weighted by molar-refractivity contribution is 5.81. The van der Waals surface area contributed by atoms with Crippen molar-refractivity contribution in [1.82, 2.24) is 20.4 Å². The van der Waals surface area contributed by atoms with Crippen LogP contribution < -0.4 is 10.6 Å². The Morgan fingerprint density at radius 3 is 2.43 bits per heavy atom. The smallest absolute Gasteiger partial charge is 0.225 e. The number of guanidine groups is 1. The number of aliphatic imine (C=N–C) groups is 1. The van der Waals surface area contributed by atoms with Gasteiger partial charge in [0.1, 0.15) is 0 Å². The summed E-state index contributed by atoms with van der Waals surface area (Å²) >= 11 is 0. The molecule has 3 rings (SSSR count). The molecule has 0 aliphatic carbocycles. The first-order valence-electron chi connectivity index (χ1n) is 11.2. The summed E-state index contributed by atoms with van der Waals surface area (Å²) in [5, 5.41) is 16.5. The SMILES string of the molecule is CN=C(NCc1ccc(CN2CCC(O)CC2)cc1)NC1CCN(C(=O)C(C)C)C1. The molecule has 166 valence electrons. The van der Waals surface area contributed by atoms with E-state index in [4.69, 9.17) is 0 Å². The molecule has 7 heteroatoms. The van der Waals surface area contributed by atoms with Crippen molar-refractivity contribution >= 4 is 11.9 Å². The first-order valence-corrected chi connectivity index (χ1v) is 11.2. The first-order chi connectivity index (χ1) is 14.4. The largest absolute Gasteiger partial charge is 0.393 e. The highest BCUT2D eigenvalue weighted by atomic mass is 16.3. The molecular formula is C23H37N5O2. The molecule has 0 spiro atoms. The molecular weight excluding hydrogens is 378 g/mol. The fourth-order valence-electron chi connectivity index (χ4n) is 4.12. The van der Waals surface area contributed by atoms with E-state index in [1.807, 2.05) is 18.7 Å². The van der Waals surface area contributed by atoms with E-state index in [9.17, 15) is 9.90 Å². The van der Waals surface area contributed by atoms with Gasteiger partial charge in [0.25, 0.3) is 0 Å². The van der Waals surface area contributed by atoms with Gasteiger partial charge in [-0.2, -0.15) is 0 Å². The summed E-state index contributed by atoms with van der Waals surface area (Å²) in [6.45, 7) is 9.02. The number of rotatable bonds is 6. The van der Waals surface area contributed by atoms with Crippen molar-refractivity contribution in [3.05, 3.63) is 35.4 Å². The summed E-state index contributed by atoms with van der Waals surface area (Å²) in [5.74, 6) is 1.04. The average Bonchev–Trinajstić information content (AvgIpc) is 3.21. The standard InChI is InChI=1S/C23H37N5O2/c1-17(2)22(30)28-13-8-20(16-28)26-23(24-3)25-14-18-4-6-19(7-5-18)15-27-11-9-21(29)10-12-27/h4-7,17,20-21,29H,8-16H2,1-3H3,(H2,24,25,26). The molecule has 2 heterocycles. The van der Waals surface area contributed by atoms with E-state index < -0.39 is 0 Å². The predicted molar refractivity (Wildman–Crippen MR) is 120 cm³/mol. The highest BCUT2D eigenvalue weighted by Crippen LogP contribution is 2.15. The van der Waals surface area contributed by atoms with Gasteiger partial charge >= 0.3 is 0 Å². The molecule has 30 heavy (non-hydrogen) atoms. The Morgan fingerprint density at radius 1 is 1.13 bits per heavy atom. The number of carbonyl (C=O) groups excluding carboxylic acids is 1. The molecule has 0 saturated carbocycles. The van der Waals surface area contributed by atoms with Crippen LogP contribution in [0.1, 0.15) is 44.2 Å². The maximum absolute atomic E-state index is 12.2. The molecule has 0 aromatic heterocycles. The number of aliphatic hydroxyl groups excluding tert-OH is 1. The minimum atomic E-state index is -0.124. The number of carbonyl (C=O) groups is 1. The van der Waals surface area contributed by atoms with E-state index >= 15 is 0 Å². The van der Waals surface area contributed by atoms with Gasteiger partial charge in [-0.3, -0.25) is 14.7 Å². The minimum absolute atomic E-state index is 0.0469. The molecule has 1 aromatic carbocycles. The van der Waals surface area contributed by atoms with Crippen molar-refractivity contribution in [3.63, 3.8) is 0 Å². The number of amides is 1. The van der Waals surface area contributed by atoms with Gasteiger partial charge in [0.2, 0.25) is 5.91 Å². The molecule has 2 aliphatic rings. The van der Waals surface area contributed by atoms with E-state index in [2.05, 4.69) is 44.8 Å². The minimum Gasteiger partial charge on any atom is -0.393 e. The van der Waals surface area contributed by atoms with Gasteiger partial charge in [-0.25, -0.2) is 0 Å². The molecule has 2 fully saturated rings. The molecule has 1 unspecified atom stereocenters. The third-order valence-electron chi connectivity index (χ3n) is 6.00. The van der Waals surface area contributed by atoms with Gasteiger partial charge in [-0.05, 0) is 30.4 Å². The van der Waals surface area contributed by atoms with Crippen molar-refractivity contribution in [3.8, 4) is 0 Å². The second-order valence-electron chi connectivity index (χ2n) is 8.82. The topological polar surface area (TPSA) is 80.2 Å². The van der Waals surface area contributed by atoms with Crippen molar-refractivity contribution in [1.29, 1.82) is 0 Å². The molecule has 0 bridgehead atoms. The van der Waals surface area contributed by atoms with Crippen LogP contribution in [-0.4, -0.2) is 72.1 Å². The Kier molecular flexibility index (Phi) is 8.10. The van der Waals surface area contributed by atoms with Crippen LogP contribution in [0.2, 0.25) is 0 Å². The van der Waals surface area contributed by atoms with Crippen LogP contribution in [0.15, 0.2) is 29.3 Å². The van der Waals surface area contributed by atoms with E-state index in [0.717, 1.165) is 57.9 Å². The zero-order valence-corrected chi connectivity index (χ0v) is 18.6. The van der Waals surface area contributed by atoms with Gasteiger partial charge in [-0.15, -0.1) is 0 Å². The summed E-state index contributed by atoms with van der Waals surface area (Å²) in [7, 11) is 1.78. The van der Waals surface area contributed by atoms with Crippen molar-refractivity contribution in [2.45, 2.75) is 58.3 Å². The maximum Gasteiger partial charge on any atom is 0.225 e. The van der Waals surface area contributed by atoms with E-state index in [1.165, 1.54) is 11.1 Å². The Hall–Kier alpha value is -2.12. The summed E-state index contributed by atoms with van der Waals surface area (Å²) in [6, 6.07) is 8.93. The molecule has 3 N–H and O–H groups in total. The second-order valence-corrected chi connectivity index (χ2v) is 8.82. The van der Waals surface area contributed by atoms with Crippen LogP contribution in [0, 0.1) is 5.92 Å². The number of aliphatic hydroxyl groups is 1. The van der Waals surface area contributed by atoms with Crippen LogP contribution in [0.5, 0.6) is 0 Å². The quantitative estimate of drug-likeness (QED) is 0.485. The van der Waals surface area contributed by atoms with E-state index in [1.54, 1.807) is 7.05 Å². The number of benzene rings is 1. The van der Waals surface area contributed by atoms with Crippen LogP contribution in [0.3, 0.4) is 0 Å². The van der Waals surface area contributed by atoms with Crippen LogP contribution in [0.25, 0.3) is 0 Å². The first kappa shape index (κ1) is 22.6. The van der Waals surface area contributed by atoms with Gasteiger partial charge in [0.15, 0.2) is 5.96 Å². The number of hydrogen-bond donors (Lipinski definition) is 3. The van der Waals surface area contributed by atoms with Crippen molar-refractivity contribution in [2.24, 2.45) is 10.9 Å². The number of likely N-dealkylation sites (tertiary alicyclic amines) is 2. The Labute approximate surface area is 180 Å². The fraction of sp³-hybridized carbons (Fsp3) is 0.652. The molecule has 7 nitrogen and oxygen atoms in total. The predicted octanol–water partition coefficient (Wildman–Crippen LogP) is 1.57. The fourth-order valence-corrected chi connectivity index (χ4v) is 4.12. The van der Waals surface area contributed by atoms with Crippen molar-refractivity contribution in [2.75, 3.05) is 33.2 Å². The van der Waals surface area contributed by atoms with Crippen molar-refractivity contribution < 1.29 is 9.90 Å². The molecule has 0 radical (unpaired) electrons. The molecule has 2 aliphatic heterocycles. The monoisotopic (exact) mass is 415 g/mol. The van der Waals surface area contributed by atoms with Gasteiger partial charge in [-0.1, -0.05) is 38.1 Å². The second kappa shape index (κ2) is 10.8. The summed E-state index contributed by atoms with van der Waals surface area (Å²) in [4.78, 5) is 20.8. The lowest BCUT2D eigenvalue weighted by molar-refractivity contribution is -0.133. The van der Waals surface area contributed by atoms with E-state index in [0.29, 0.717) is 6.54 Å². The zero-order chi connectivity index (χ0) is 21.5. The van der Waals surface area contributed by atoms with Gasteiger partial charge in [0.05, 0.1) is 6.10 Å². The van der Waals surface area contributed by atoms with Gasteiger partial charge < -0.3 is 20.6 Å². The van der Waals surface area contributed by atoms with Crippen LogP contribution in [0.4, 0.5) is 0 Å². The Balaban J connectivity index is 1.42. The van der Waals surface area contributed by atoms with Crippen LogP contribution >= 0.6 is 0 Å². The Morgan fingerprint density at radius 2 is 1.80 bits per heavy atom. The summed E-state index contributed by atoms with van der Waals surface area (Å²) in [6.07, 6.45) is 2.57. The van der Waals surface area contributed by atoms with E-state index in [-0.39, 0.29) is 24.0 Å². The lowest BCUT2D eigenvalue weighted by atomic mass is 10.1. The van der Waals surface area contributed by atoms with Gasteiger partial charge in [0, 0.05) is 58.3 Å². The molecule has 1 atom stereocenters. The number of nitrogens with zero attached hydrogens (tertiary/aromatic N) is 3. The normalized spacial score (nSPS) is 21.3. The third-order valence-corrected chi connectivity index (χ3v) is 6.00. The van der Waals surface area contributed by atoms with Crippen LogP contribution in [-0.2, 0) is 17.9 Å². The lowest BCUT2D eigenvalue weighted by Crippen LogP contribution is -2.45. The average molecular weight is 416 g/mol. The lowest BCUT2D eigenvalue weighted by Gasteiger charge is -2.29. The summed E-state index contributed by atoms with van der Waals surface area (Å²) in [5.41, 5.74) is 2.51. The third kappa shape index (κ3) is 6.44. The Bertz CT molecular complexity index is 711. The number of nitrogens with one attached hydrogen (secondary N) is 2. The molecule has 2 saturated heterocycles. The summed E-state index contributed by atoms with van der Waals surface area (Å²) < 4.78 is 0. The number of hydrogen-bond acceptors (Lipinski definition) is 4. The maximum atomic E-state index is 12.2. The number of piperidine rings is 1.